The molecular weight excluding hydrogens is 407 g/mol. The molecule has 12 heteroatoms. The topological polar surface area (TPSA) is 109 Å². The largest absolute Gasteiger partial charge is 0.386 e. The minimum atomic E-state index is -3.31. The van der Waals surface area contributed by atoms with Crippen molar-refractivity contribution in [2.24, 2.45) is 0 Å². The van der Waals surface area contributed by atoms with Crippen LogP contribution in [0.2, 0.25) is 0 Å². The van der Waals surface area contributed by atoms with Crippen LogP contribution < -0.4 is 5.32 Å². The first-order chi connectivity index (χ1) is 12.6. The Morgan fingerprint density at radius 1 is 1.26 bits per heavy atom. The molecule has 0 fully saturated rings. The van der Waals surface area contributed by atoms with Crippen molar-refractivity contribution in [1.29, 1.82) is 0 Å². The molecule has 1 aromatic carbocycles. The number of carbonyl (C=O) groups excluding carboxylic acids is 1. The highest BCUT2D eigenvalue weighted by atomic mass is 32.2. The molecule has 0 aliphatic rings. The van der Waals surface area contributed by atoms with E-state index in [0.717, 1.165) is 17.6 Å². The molecule has 0 aliphatic heterocycles. The second kappa shape index (κ2) is 8.76. The quantitative estimate of drug-likeness (QED) is 0.666. The Morgan fingerprint density at radius 3 is 2.41 bits per heavy atom. The number of aromatic nitrogens is 2. The number of halogens is 3. The standard InChI is InChI=1S/C15H16F3N3O4S2/c1-27(24,25)7-11-20-21-15(26-11)9-4-2-8(3-5-9)12(22)10(6-16)19-14(23)13(17)18/h2-5,10,12-13,22H,6-7H2,1H3,(H,19,23)/t10-,12-/m1/s1. The molecule has 2 atom stereocenters. The van der Waals surface area contributed by atoms with Gasteiger partial charge in [-0.3, -0.25) is 4.79 Å². The van der Waals surface area contributed by atoms with Crippen LogP contribution in [0.5, 0.6) is 0 Å². The highest BCUT2D eigenvalue weighted by Crippen LogP contribution is 2.27. The smallest absolute Gasteiger partial charge is 0.315 e. The summed E-state index contributed by atoms with van der Waals surface area (Å²) in [5, 5.41) is 20.3. The van der Waals surface area contributed by atoms with Crippen LogP contribution in [0.25, 0.3) is 10.6 Å². The molecule has 2 N–H and O–H groups in total. The number of aliphatic hydroxyl groups is 1. The first kappa shape index (κ1) is 21.3. The zero-order chi connectivity index (χ0) is 20.2. The van der Waals surface area contributed by atoms with Gasteiger partial charge in [-0.25, -0.2) is 12.8 Å². The first-order valence-corrected chi connectivity index (χ1v) is 10.4. The van der Waals surface area contributed by atoms with Crippen LogP contribution in [0.15, 0.2) is 24.3 Å². The van der Waals surface area contributed by atoms with Gasteiger partial charge in [-0.15, -0.1) is 10.2 Å². The number of benzene rings is 1. The van der Waals surface area contributed by atoms with Gasteiger partial charge in [0.15, 0.2) is 9.84 Å². The average molecular weight is 423 g/mol. The lowest BCUT2D eigenvalue weighted by Crippen LogP contribution is -2.43. The number of nitrogens with zero attached hydrogens (tertiary/aromatic N) is 2. The minimum Gasteiger partial charge on any atom is -0.386 e. The lowest BCUT2D eigenvalue weighted by atomic mass is 10.0. The van der Waals surface area contributed by atoms with Crippen molar-refractivity contribution in [2.45, 2.75) is 24.3 Å². The fraction of sp³-hybridized carbons (Fsp3) is 0.400. The molecule has 27 heavy (non-hydrogen) atoms. The summed E-state index contributed by atoms with van der Waals surface area (Å²) in [7, 11) is -3.24. The van der Waals surface area contributed by atoms with Crippen LogP contribution in [0.4, 0.5) is 13.2 Å². The molecule has 1 heterocycles. The molecule has 2 aromatic rings. The molecule has 0 unspecified atom stereocenters. The van der Waals surface area contributed by atoms with Crippen molar-refractivity contribution in [3.63, 3.8) is 0 Å². The summed E-state index contributed by atoms with van der Waals surface area (Å²) in [6.45, 7) is -1.23. The maximum absolute atomic E-state index is 13.0. The molecule has 0 spiro atoms. The number of hydrogen-bond acceptors (Lipinski definition) is 7. The lowest BCUT2D eigenvalue weighted by Gasteiger charge is -2.21. The van der Waals surface area contributed by atoms with Crippen molar-refractivity contribution in [3.8, 4) is 10.6 Å². The number of nitrogens with one attached hydrogen (secondary N) is 1. The van der Waals surface area contributed by atoms with E-state index in [-0.39, 0.29) is 11.3 Å². The summed E-state index contributed by atoms with van der Waals surface area (Å²) in [4.78, 5) is 11.0. The second-order valence-electron chi connectivity index (χ2n) is 5.71. The Kier molecular flexibility index (Phi) is 6.89. The minimum absolute atomic E-state index is 0.205. The number of sulfone groups is 1. The number of hydrogen-bond donors (Lipinski definition) is 2. The zero-order valence-corrected chi connectivity index (χ0v) is 15.6. The highest BCUT2D eigenvalue weighted by Gasteiger charge is 2.26. The van der Waals surface area contributed by atoms with Gasteiger partial charge in [-0.1, -0.05) is 35.6 Å². The molecule has 0 radical (unpaired) electrons. The Bertz CT molecular complexity index is 888. The van der Waals surface area contributed by atoms with Crippen molar-refractivity contribution < 1.29 is 31.5 Å². The van der Waals surface area contributed by atoms with Crippen molar-refractivity contribution in [2.75, 3.05) is 12.9 Å². The fourth-order valence-electron chi connectivity index (χ4n) is 2.16. The predicted molar refractivity (Wildman–Crippen MR) is 92.8 cm³/mol. The van der Waals surface area contributed by atoms with Gasteiger partial charge < -0.3 is 10.4 Å². The average Bonchev–Trinajstić information content (AvgIpc) is 3.05. The van der Waals surface area contributed by atoms with E-state index in [4.69, 9.17) is 0 Å². The van der Waals surface area contributed by atoms with Crippen molar-refractivity contribution >= 4 is 27.1 Å². The van der Waals surface area contributed by atoms with Crippen LogP contribution in [0, 0.1) is 0 Å². The fourth-order valence-corrected chi connectivity index (χ4v) is 4.18. The Hall–Kier alpha value is -2.05. The van der Waals surface area contributed by atoms with E-state index in [9.17, 15) is 31.5 Å². The van der Waals surface area contributed by atoms with Crippen molar-refractivity contribution in [1.82, 2.24) is 15.5 Å². The molecular formula is C15H16F3N3O4S2. The van der Waals surface area contributed by atoms with E-state index in [2.05, 4.69) is 10.2 Å². The van der Waals surface area contributed by atoms with Gasteiger partial charge in [0.05, 0.1) is 6.04 Å². The third-order valence-electron chi connectivity index (χ3n) is 3.42. The van der Waals surface area contributed by atoms with E-state index < -0.39 is 41.0 Å². The molecule has 0 aliphatic carbocycles. The van der Waals surface area contributed by atoms with Gasteiger partial charge in [0.25, 0.3) is 5.91 Å². The molecule has 2 rings (SSSR count). The molecule has 0 bridgehead atoms. The van der Waals surface area contributed by atoms with E-state index in [0.29, 0.717) is 15.6 Å². The van der Waals surface area contributed by atoms with Gasteiger partial charge in [0.1, 0.15) is 28.5 Å². The van der Waals surface area contributed by atoms with E-state index in [1.807, 2.05) is 0 Å². The molecule has 1 aromatic heterocycles. The van der Waals surface area contributed by atoms with Crippen LogP contribution in [-0.4, -0.2) is 55.0 Å². The van der Waals surface area contributed by atoms with Gasteiger partial charge in [0, 0.05) is 11.8 Å². The molecule has 7 nitrogen and oxygen atoms in total. The SMILES string of the molecule is CS(=O)(=O)Cc1nnc(-c2ccc([C@@H](O)[C@@H](CF)NC(=O)C(F)F)cc2)s1. The predicted octanol–water partition coefficient (Wildman–Crippen LogP) is 1.50. The molecule has 0 saturated heterocycles. The van der Waals surface area contributed by atoms with Crippen LogP contribution in [0.1, 0.15) is 16.7 Å². The maximum atomic E-state index is 13.0. The number of rotatable bonds is 8. The zero-order valence-electron chi connectivity index (χ0n) is 14.0. The summed E-state index contributed by atoms with van der Waals surface area (Å²) >= 11 is 1.09. The van der Waals surface area contributed by atoms with E-state index in [1.54, 1.807) is 5.32 Å². The Labute approximate surface area is 157 Å². The third kappa shape index (κ3) is 5.97. The van der Waals surface area contributed by atoms with Gasteiger partial charge in [0.2, 0.25) is 0 Å². The van der Waals surface area contributed by atoms with E-state index >= 15 is 0 Å². The Morgan fingerprint density at radius 2 is 1.89 bits per heavy atom. The summed E-state index contributed by atoms with van der Waals surface area (Å²) in [6.07, 6.45) is -3.76. The van der Waals surface area contributed by atoms with Crippen molar-refractivity contribution in [3.05, 3.63) is 34.8 Å². The third-order valence-corrected chi connectivity index (χ3v) is 5.38. The van der Waals surface area contributed by atoms with Gasteiger partial charge in [-0.2, -0.15) is 8.78 Å². The normalized spacial score (nSPS) is 14.1. The van der Waals surface area contributed by atoms with Gasteiger partial charge >= 0.3 is 6.43 Å². The monoisotopic (exact) mass is 423 g/mol. The summed E-state index contributed by atoms with van der Waals surface area (Å²) in [5.41, 5.74) is 0.786. The number of aliphatic hydroxyl groups excluding tert-OH is 1. The summed E-state index contributed by atoms with van der Waals surface area (Å²) < 4.78 is 60.1. The highest BCUT2D eigenvalue weighted by molar-refractivity contribution is 7.90. The number of carbonyl (C=O) groups is 1. The molecule has 1 amide bonds. The first-order valence-electron chi connectivity index (χ1n) is 7.53. The van der Waals surface area contributed by atoms with Crippen LogP contribution in [0.3, 0.4) is 0 Å². The van der Waals surface area contributed by atoms with Gasteiger partial charge in [-0.05, 0) is 5.56 Å². The Balaban J connectivity index is 2.13. The molecule has 0 saturated carbocycles. The maximum Gasteiger partial charge on any atom is 0.315 e. The summed E-state index contributed by atoms with van der Waals surface area (Å²) in [5.74, 6) is -1.90. The summed E-state index contributed by atoms with van der Waals surface area (Å²) in [6, 6.07) is 4.41. The second-order valence-corrected chi connectivity index (χ2v) is 8.91. The lowest BCUT2D eigenvalue weighted by molar-refractivity contribution is -0.133. The van der Waals surface area contributed by atoms with E-state index in [1.165, 1.54) is 24.3 Å². The number of alkyl halides is 3. The molecule has 148 valence electrons. The van der Waals surface area contributed by atoms with Crippen LogP contribution >= 0.6 is 11.3 Å². The van der Waals surface area contributed by atoms with Crippen LogP contribution in [-0.2, 0) is 20.4 Å². The number of amides is 1.